The number of ether oxygens (including phenoxy) is 1. The number of ketones is 1. The van der Waals surface area contributed by atoms with E-state index >= 15 is 0 Å². The molecule has 0 aliphatic rings. The van der Waals surface area contributed by atoms with Gasteiger partial charge in [0.1, 0.15) is 23.7 Å². The summed E-state index contributed by atoms with van der Waals surface area (Å²) in [5, 5.41) is 18.9. The van der Waals surface area contributed by atoms with Gasteiger partial charge in [0.15, 0.2) is 5.78 Å². The largest absolute Gasteiger partial charge is 0.489 e. The smallest absolute Gasteiger partial charge is 0.307 e. The molecule has 10 heteroatoms. The minimum Gasteiger partial charge on any atom is -0.489 e. The monoisotopic (exact) mass is 531 g/mol. The van der Waals surface area contributed by atoms with Crippen molar-refractivity contribution in [2.45, 2.75) is 26.0 Å². The third-order valence-corrected chi connectivity index (χ3v) is 7.32. The second-order valence-electron chi connectivity index (χ2n) is 8.81. The number of Topliss-reactive ketones (excluding diaryl/α,β-unsaturated/α-hetero) is 1. The van der Waals surface area contributed by atoms with Gasteiger partial charge < -0.3 is 9.84 Å². The van der Waals surface area contributed by atoms with Gasteiger partial charge in [-0.15, -0.1) is 16.4 Å². The quantitative estimate of drug-likeness (QED) is 0.250. The number of aryl methyl sites for hydroxylation is 1. The molecule has 3 aromatic carbocycles. The number of nitrogens with zero attached hydrogens (tertiary/aromatic N) is 3. The van der Waals surface area contributed by atoms with E-state index in [1.807, 2.05) is 12.1 Å². The minimum atomic E-state index is -1.11. The number of rotatable bonds is 10. The van der Waals surface area contributed by atoms with Crippen LogP contribution in [0.15, 0.2) is 77.6 Å². The zero-order valence-corrected chi connectivity index (χ0v) is 20.9. The van der Waals surface area contributed by atoms with Crippen LogP contribution in [-0.4, -0.2) is 31.9 Å². The average Bonchev–Trinajstić information content (AvgIpc) is 3.35. The first-order chi connectivity index (χ1) is 18.4. The lowest BCUT2D eigenvalue weighted by Gasteiger charge is -2.11. The van der Waals surface area contributed by atoms with Crippen LogP contribution in [0.3, 0.4) is 0 Å². The Morgan fingerprint density at radius 3 is 2.63 bits per heavy atom. The van der Waals surface area contributed by atoms with Gasteiger partial charge >= 0.3 is 5.97 Å². The second kappa shape index (κ2) is 10.9. The molecule has 192 valence electrons. The molecule has 1 atom stereocenters. The number of aromatic nitrogens is 3. The van der Waals surface area contributed by atoms with Crippen LogP contribution in [0.1, 0.15) is 28.1 Å². The molecule has 8 nitrogen and oxygen atoms in total. The first kappa shape index (κ1) is 25.2. The van der Waals surface area contributed by atoms with Crippen molar-refractivity contribution in [2.75, 3.05) is 0 Å². The number of aliphatic carboxylic acids is 1. The molecule has 5 aromatic rings. The van der Waals surface area contributed by atoms with E-state index in [4.69, 9.17) is 4.74 Å². The summed E-state index contributed by atoms with van der Waals surface area (Å²) in [7, 11) is 0. The molecular weight excluding hydrogens is 509 g/mol. The van der Waals surface area contributed by atoms with E-state index in [0.717, 1.165) is 20.3 Å². The van der Waals surface area contributed by atoms with E-state index in [1.54, 1.807) is 48.5 Å². The van der Waals surface area contributed by atoms with Gasteiger partial charge in [-0.2, -0.15) is 0 Å². The lowest BCUT2D eigenvalue weighted by atomic mass is 9.98. The first-order valence-electron chi connectivity index (χ1n) is 11.9. The summed E-state index contributed by atoms with van der Waals surface area (Å²) in [5.74, 6) is -2.09. The molecule has 0 amide bonds. The Kier molecular flexibility index (Phi) is 7.23. The van der Waals surface area contributed by atoms with E-state index in [0.29, 0.717) is 21.5 Å². The van der Waals surface area contributed by atoms with Gasteiger partial charge in [0, 0.05) is 17.7 Å². The molecule has 1 N–H and O–H groups in total. The molecule has 0 saturated carbocycles. The van der Waals surface area contributed by atoms with Crippen LogP contribution >= 0.6 is 11.3 Å². The Morgan fingerprint density at radius 1 is 1.05 bits per heavy atom. The van der Waals surface area contributed by atoms with Gasteiger partial charge in [-0.3, -0.25) is 14.4 Å². The summed E-state index contributed by atoms with van der Waals surface area (Å²) in [6, 6.07) is 20.0. The number of carbonyl (C=O) groups is 2. The van der Waals surface area contributed by atoms with Crippen molar-refractivity contribution >= 4 is 44.1 Å². The predicted octanol–water partition coefficient (Wildman–Crippen LogP) is 5.09. The maximum atomic E-state index is 13.1. The molecule has 0 aliphatic carbocycles. The molecule has 1 unspecified atom stereocenters. The lowest BCUT2D eigenvalue weighted by molar-refractivity contribution is -0.142. The summed E-state index contributed by atoms with van der Waals surface area (Å²) >= 11 is 1.27. The zero-order valence-electron chi connectivity index (χ0n) is 20.0. The fourth-order valence-electron chi connectivity index (χ4n) is 4.07. The number of hydrogen-bond donors (Lipinski definition) is 1. The molecule has 0 fully saturated rings. The van der Waals surface area contributed by atoms with Crippen LogP contribution in [0.2, 0.25) is 0 Å². The standard InChI is InChI=1S/C28H22FN3O5S/c29-20-8-5-17(6-9-20)16-37-21-10-7-18-14-26(38-25(18)15-21)24(33)13-19(28(35)36)11-12-32-27(34)22-3-1-2-4-23(22)30-31-32/h1-10,14-15,19H,11-13,16H2,(H,35,36). The predicted molar refractivity (Wildman–Crippen MR) is 141 cm³/mol. The fraction of sp³-hybridized carbons (Fsp3) is 0.179. The number of benzene rings is 3. The van der Waals surface area contributed by atoms with Crippen LogP contribution in [0.5, 0.6) is 5.75 Å². The van der Waals surface area contributed by atoms with Crippen molar-refractivity contribution < 1.29 is 23.8 Å². The molecule has 0 aliphatic heterocycles. The lowest BCUT2D eigenvalue weighted by Crippen LogP contribution is -2.27. The van der Waals surface area contributed by atoms with Crippen LogP contribution < -0.4 is 10.3 Å². The van der Waals surface area contributed by atoms with Crippen molar-refractivity contribution in [3.05, 3.63) is 99.4 Å². The van der Waals surface area contributed by atoms with E-state index in [-0.39, 0.29) is 43.2 Å². The number of hydrogen-bond acceptors (Lipinski definition) is 7. The molecule has 2 heterocycles. The maximum absolute atomic E-state index is 13.1. The van der Waals surface area contributed by atoms with Crippen molar-refractivity contribution in [3.63, 3.8) is 0 Å². The number of carboxylic acids is 1. The van der Waals surface area contributed by atoms with E-state index in [9.17, 15) is 23.9 Å². The molecular formula is C28H22FN3O5S. The highest BCUT2D eigenvalue weighted by Gasteiger charge is 2.24. The fourth-order valence-corrected chi connectivity index (χ4v) is 5.11. The highest BCUT2D eigenvalue weighted by Crippen LogP contribution is 2.31. The van der Waals surface area contributed by atoms with E-state index in [2.05, 4.69) is 10.3 Å². The van der Waals surface area contributed by atoms with Gasteiger partial charge in [-0.25, -0.2) is 9.07 Å². The SMILES string of the molecule is O=C(CC(CCn1nnc2ccccc2c1=O)C(=O)O)c1cc2ccc(OCc3ccc(F)cc3)cc2s1. The maximum Gasteiger partial charge on any atom is 0.307 e. The van der Waals surface area contributed by atoms with Gasteiger partial charge in [-0.05, 0) is 65.9 Å². The van der Waals surface area contributed by atoms with Crippen LogP contribution in [-0.2, 0) is 17.9 Å². The number of carboxylic acid groups (broad SMARTS) is 1. The molecule has 2 aromatic heterocycles. The number of fused-ring (bicyclic) bond motifs is 2. The minimum absolute atomic E-state index is 0.0298. The van der Waals surface area contributed by atoms with Crippen LogP contribution in [0.4, 0.5) is 4.39 Å². The van der Waals surface area contributed by atoms with Gasteiger partial charge in [0.2, 0.25) is 0 Å². The topological polar surface area (TPSA) is 111 Å². The molecule has 5 rings (SSSR count). The number of thiophene rings is 1. The van der Waals surface area contributed by atoms with Gasteiger partial charge in [-0.1, -0.05) is 29.5 Å². The summed E-state index contributed by atoms with van der Waals surface area (Å²) in [6.07, 6.45) is -0.147. The third kappa shape index (κ3) is 5.60. The molecule has 0 radical (unpaired) electrons. The van der Waals surface area contributed by atoms with Crippen molar-refractivity contribution in [1.82, 2.24) is 15.0 Å². The first-order valence-corrected chi connectivity index (χ1v) is 12.7. The number of halogens is 1. The third-order valence-electron chi connectivity index (χ3n) is 6.18. The van der Waals surface area contributed by atoms with Crippen LogP contribution in [0, 0.1) is 11.7 Å². The summed E-state index contributed by atoms with van der Waals surface area (Å²) in [6.45, 7) is 0.302. The molecule has 0 spiro atoms. The van der Waals surface area contributed by atoms with Gasteiger partial charge in [0.05, 0.1) is 16.2 Å². The van der Waals surface area contributed by atoms with E-state index < -0.39 is 11.9 Å². The second-order valence-corrected chi connectivity index (χ2v) is 9.90. The molecule has 0 saturated heterocycles. The number of carbonyl (C=O) groups excluding carboxylic acids is 1. The van der Waals surface area contributed by atoms with Crippen molar-refractivity contribution in [1.29, 1.82) is 0 Å². The Balaban J connectivity index is 1.25. The molecule has 0 bridgehead atoms. The summed E-state index contributed by atoms with van der Waals surface area (Å²) < 4.78 is 20.8. The summed E-state index contributed by atoms with van der Waals surface area (Å²) in [5.41, 5.74) is 0.936. The zero-order chi connectivity index (χ0) is 26.6. The Morgan fingerprint density at radius 2 is 1.84 bits per heavy atom. The Hall–Kier alpha value is -4.44. The average molecular weight is 532 g/mol. The normalized spacial score (nSPS) is 12.0. The highest BCUT2D eigenvalue weighted by molar-refractivity contribution is 7.20. The van der Waals surface area contributed by atoms with Crippen LogP contribution in [0.25, 0.3) is 21.0 Å². The highest BCUT2D eigenvalue weighted by atomic mass is 32.1. The Bertz CT molecular complexity index is 1700. The summed E-state index contributed by atoms with van der Waals surface area (Å²) in [4.78, 5) is 38.0. The van der Waals surface area contributed by atoms with Crippen molar-refractivity contribution in [2.24, 2.45) is 5.92 Å². The molecule has 38 heavy (non-hydrogen) atoms. The Labute approximate surface area is 219 Å². The van der Waals surface area contributed by atoms with Crippen molar-refractivity contribution in [3.8, 4) is 5.75 Å². The van der Waals surface area contributed by atoms with E-state index in [1.165, 1.54) is 23.5 Å². The van der Waals surface area contributed by atoms with Gasteiger partial charge in [0.25, 0.3) is 5.56 Å².